The molecule has 8 heteroatoms. The number of amides is 1. The van der Waals surface area contributed by atoms with Gasteiger partial charge in [-0.2, -0.15) is 5.10 Å². The number of aryl methyl sites for hydroxylation is 1. The molecule has 0 spiro atoms. The zero-order valence-corrected chi connectivity index (χ0v) is 20.3. The van der Waals surface area contributed by atoms with Crippen LogP contribution >= 0.6 is 0 Å². The molecule has 0 aliphatic heterocycles. The molecule has 1 amide bonds. The summed E-state index contributed by atoms with van der Waals surface area (Å²) < 4.78 is 16.3. The Balaban J connectivity index is 1.46. The summed E-state index contributed by atoms with van der Waals surface area (Å²) in [4.78, 5) is 16.7. The molecule has 1 fully saturated rings. The summed E-state index contributed by atoms with van der Waals surface area (Å²) in [6, 6.07) is 19.7. The van der Waals surface area contributed by atoms with Crippen LogP contribution in [-0.4, -0.2) is 27.3 Å². The maximum atomic E-state index is 14.9. The Labute approximate surface area is 214 Å². The van der Waals surface area contributed by atoms with Gasteiger partial charge in [-0.15, -0.1) is 0 Å². The Hall–Kier alpha value is -4.48. The Morgan fingerprint density at radius 2 is 1.97 bits per heavy atom. The van der Waals surface area contributed by atoms with Crippen LogP contribution in [0.15, 0.2) is 72.8 Å². The number of rotatable bonds is 8. The number of benzene rings is 3. The van der Waals surface area contributed by atoms with Crippen LogP contribution in [0.3, 0.4) is 0 Å². The summed E-state index contributed by atoms with van der Waals surface area (Å²) in [5.74, 6) is -0.368. The van der Waals surface area contributed by atoms with Crippen LogP contribution in [0.4, 0.5) is 15.8 Å². The van der Waals surface area contributed by atoms with Gasteiger partial charge in [0.2, 0.25) is 0 Å². The van der Waals surface area contributed by atoms with E-state index in [2.05, 4.69) is 20.6 Å². The molecule has 37 heavy (non-hydrogen) atoms. The average Bonchev–Trinajstić information content (AvgIpc) is 3.65. The second-order valence-electron chi connectivity index (χ2n) is 9.25. The Kier molecular flexibility index (Phi) is 6.71. The number of aromatic nitrogens is 2. The molecule has 1 aliphatic carbocycles. The number of phenols is 1. The molecule has 1 saturated carbocycles. The van der Waals surface area contributed by atoms with Crippen LogP contribution in [0.2, 0.25) is 0 Å². The number of hydrogen-bond donors (Lipinski definition) is 3. The lowest BCUT2D eigenvalue weighted by Crippen LogP contribution is -2.25. The summed E-state index contributed by atoms with van der Waals surface area (Å²) in [6.07, 6.45) is 2.33. The molecular formula is C29H26FN5O2. The third kappa shape index (κ3) is 5.37. The van der Waals surface area contributed by atoms with Crippen LogP contribution in [-0.2, 0) is 0 Å². The van der Waals surface area contributed by atoms with Crippen LogP contribution < -0.4 is 10.6 Å². The zero-order chi connectivity index (χ0) is 25.9. The van der Waals surface area contributed by atoms with Gasteiger partial charge >= 0.3 is 0 Å². The largest absolute Gasteiger partial charge is 0.508 e. The van der Waals surface area contributed by atoms with Crippen LogP contribution in [0.1, 0.15) is 46.2 Å². The fourth-order valence-corrected chi connectivity index (χ4v) is 4.30. The first-order valence-corrected chi connectivity index (χ1v) is 12.1. The van der Waals surface area contributed by atoms with Crippen LogP contribution in [0.5, 0.6) is 5.75 Å². The van der Waals surface area contributed by atoms with E-state index in [4.69, 9.17) is 6.57 Å². The van der Waals surface area contributed by atoms with Gasteiger partial charge in [-0.3, -0.25) is 4.79 Å². The van der Waals surface area contributed by atoms with Crippen molar-refractivity contribution in [1.29, 1.82) is 0 Å². The van der Waals surface area contributed by atoms with Crippen molar-refractivity contribution in [2.24, 2.45) is 5.92 Å². The molecule has 1 aliphatic rings. The van der Waals surface area contributed by atoms with Crippen LogP contribution in [0.25, 0.3) is 10.5 Å². The van der Waals surface area contributed by atoms with Gasteiger partial charge in [-0.25, -0.2) is 13.9 Å². The molecule has 5 rings (SSSR count). The third-order valence-corrected chi connectivity index (χ3v) is 6.39. The predicted molar refractivity (Wildman–Crippen MR) is 140 cm³/mol. The van der Waals surface area contributed by atoms with Crippen molar-refractivity contribution < 1.29 is 14.3 Å². The van der Waals surface area contributed by atoms with Crippen molar-refractivity contribution in [3.8, 4) is 11.4 Å². The molecule has 1 atom stereocenters. The quantitative estimate of drug-likeness (QED) is 0.265. The Morgan fingerprint density at radius 3 is 2.73 bits per heavy atom. The second-order valence-corrected chi connectivity index (χ2v) is 9.25. The van der Waals surface area contributed by atoms with Gasteiger partial charge in [0.1, 0.15) is 17.3 Å². The molecule has 0 radical (unpaired) electrons. The lowest BCUT2D eigenvalue weighted by atomic mass is 9.97. The molecule has 1 unspecified atom stereocenters. The number of carbonyl (C=O) groups excluding carboxylic acids is 1. The number of nitrogens with zero attached hydrogens (tertiary/aromatic N) is 3. The average molecular weight is 496 g/mol. The highest BCUT2D eigenvalue weighted by atomic mass is 19.1. The second kappa shape index (κ2) is 10.2. The van der Waals surface area contributed by atoms with Crippen molar-refractivity contribution in [1.82, 2.24) is 15.1 Å². The monoisotopic (exact) mass is 495 g/mol. The van der Waals surface area contributed by atoms with E-state index in [1.165, 1.54) is 10.7 Å². The molecule has 0 bridgehead atoms. The highest BCUT2D eigenvalue weighted by Gasteiger charge is 2.25. The SMILES string of the molecule is [C-]#[N+]c1cccc(-n2nc(C)cc2C(=O)Nc2cc(C(NCC3CC3)c3ccccc3O)ccc2F)c1. The summed E-state index contributed by atoms with van der Waals surface area (Å²) in [5, 5.41) is 21.1. The maximum absolute atomic E-state index is 14.9. The number of hydrogen-bond acceptors (Lipinski definition) is 4. The highest BCUT2D eigenvalue weighted by molar-refractivity contribution is 6.03. The normalized spacial score (nSPS) is 13.6. The van der Waals surface area contributed by atoms with Crippen molar-refractivity contribution in [3.05, 3.63) is 113 Å². The molecule has 186 valence electrons. The lowest BCUT2D eigenvalue weighted by molar-refractivity contribution is 0.101. The van der Waals surface area contributed by atoms with Gasteiger partial charge in [0.15, 0.2) is 5.69 Å². The van der Waals surface area contributed by atoms with Crippen LogP contribution in [0, 0.1) is 25.2 Å². The maximum Gasteiger partial charge on any atom is 0.274 e. The third-order valence-electron chi connectivity index (χ3n) is 6.39. The van der Waals surface area contributed by atoms with Crippen molar-refractivity contribution in [3.63, 3.8) is 0 Å². The molecule has 3 N–H and O–H groups in total. The number of para-hydroxylation sites is 1. The van der Waals surface area contributed by atoms with Gasteiger partial charge in [0.25, 0.3) is 5.91 Å². The van der Waals surface area contributed by atoms with E-state index in [9.17, 15) is 14.3 Å². The number of halogens is 1. The van der Waals surface area contributed by atoms with Crippen molar-refractivity contribution in [2.75, 3.05) is 11.9 Å². The Morgan fingerprint density at radius 1 is 1.16 bits per heavy atom. The first kappa shape index (κ1) is 24.2. The van der Waals surface area contributed by atoms with E-state index in [1.807, 2.05) is 12.1 Å². The van der Waals surface area contributed by atoms with E-state index in [1.54, 1.807) is 61.5 Å². The van der Waals surface area contributed by atoms with Gasteiger partial charge in [0, 0.05) is 5.56 Å². The van der Waals surface area contributed by atoms with E-state index in [-0.39, 0.29) is 23.2 Å². The molecule has 4 aromatic rings. The summed E-state index contributed by atoms with van der Waals surface area (Å²) >= 11 is 0. The minimum Gasteiger partial charge on any atom is -0.508 e. The molecule has 0 saturated heterocycles. The summed E-state index contributed by atoms with van der Waals surface area (Å²) in [6.45, 7) is 9.80. The first-order valence-electron chi connectivity index (χ1n) is 12.1. The number of aromatic hydroxyl groups is 1. The predicted octanol–water partition coefficient (Wildman–Crippen LogP) is 5.92. The van der Waals surface area contributed by atoms with E-state index >= 15 is 0 Å². The van der Waals surface area contributed by atoms with Gasteiger partial charge in [0.05, 0.1) is 29.7 Å². The number of nitrogens with one attached hydrogen (secondary N) is 2. The smallest absolute Gasteiger partial charge is 0.274 e. The Bertz CT molecular complexity index is 1500. The van der Waals surface area contributed by atoms with Crippen molar-refractivity contribution >= 4 is 17.3 Å². The molecule has 1 aromatic heterocycles. The molecule has 7 nitrogen and oxygen atoms in total. The lowest BCUT2D eigenvalue weighted by Gasteiger charge is -2.22. The highest BCUT2D eigenvalue weighted by Crippen LogP contribution is 2.34. The minimum absolute atomic E-state index is 0.0245. The van der Waals surface area contributed by atoms with E-state index in [0.717, 1.165) is 19.4 Å². The van der Waals surface area contributed by atoms with Gasteiger partial charge in [-0.1, -0.05) is 36.4 Å². The van der Waals surface area contributed by atoms with E-state index in [0.29, 0.717) is 34.1 Å². The minimum atomic E-state index is -0.576. The first-order chi connectivity index (χ1) is 17.9. The fourth-order valence-electron chi connectivity index (χ4n) is 4.30. The standard InChI is InChI=1S/C29H26FN5O2/c1-18-14-26(35(34-18)22-7-5-6-21(16-22)31-2)29(37)33-25-15-20(12-13-24(25)30)28(32-17-19-10-11-19)23-8-3-4-9-27(23)36/h3-9,12-16,19,28,32,36H,10-11,17H2,1H3,(H,33,37). The molecular weight excluding hydrogens is 469 g/mol. The number of phenolic OH excluding ortho intramolecular Hbond substituents is 1. The molecule has 1 heterocycles. The molecule has 3 aromatic carbocycles. The summed E-state index contributed by atoms with van der Waals surface area (Å²) in [7, 11) is 0. The number of anilines is 1. The number of carbonyl (C=O) groups is 1. The summed E-state index contributed by atoms with van der Waals surface area (Å²) in [5.41, 5.74) is 3.23. The fraction of sp³-hybridized carbons (Fsp3) is 0.207. The van der Waals surface area contributed by atoms with Gasteiger partial charge in [-0.05, 0) is 74.2 Å². The van der Waals surface area contributed by atoms with Crippen molar-refractivity contribution in [2.45, 2.75) is 25.8 Å². The topological polar surface area (TPSA) is 83.5 Å². The van der Waals surface area contributed by atoms with E-state index < -0.39 is 11.7 Å². The zero-order valence-electron chi connectivity index (χ0n) is 20.3. The van der Waals surface area contributed by atoms with Gasteiger partial charge < -0.3 is 15.7 Å².